The largest absolute Gasteiger partial charge is 0.314 e. The van der Waals surface area contributed by atoms with Gasteiger partial charge in [-0.2, -0.15) is 4.98 Å². The third-order valence-corrected chi connectivity index (χ3v) is 3.47. The summed E-state index contributed by atoms with van der Waals surface area (Å²) >= 11 is 0. The first-order chi connectivity index (χ1) is 10.2. The van der Waals surface area contributed by atoms with Gasteiger partial charge in [0.1, 0.15) is 5.65 Å². The first kappa shape index (κ1) is 13.3. The zero-order valence-corrected chi connectivity index (χ0v) is 12.0. The average molecular weight is 280 g/mol. The van der Waals surface area contributed by atoms with E-state index in [4.69, 9.17) is 0 Å². The molecule has 0 unspecified atom stereocenters. The predicted molar refractivity (Wildman–Crippen MR) is 84.0 cm³/mol. The Bertz CT molecular complexity index is 827. The van der Waals surface area contributed by atoms with Gasteiger partial charge in [-0.25, -0.2) is 4.98 Å². The highest BCUT2D eigenvalue weighted by atomic mass is 16.1. The van der Waals surface area contributed by atoms with E-state index >= 15 is 0 Å². The molecule has 5 heteroatoms. The standard InChI is InChI=1S/C16H16N4O/c1-3-20-14(21)10-9-12-11-17-16(18-15(12)20)19(2)13-7-5-4-6-8-13/h4-11H,3H2,1-2H3. The molecule has 1 aromatic carbocycles. The van der Waals surface area contributed by atoms with Gasteiger partial charge in [-0.1, -0.05) is 18.2 Å². The Hall–Kier alpha value is -2.69. The minimum atomic E-state index is -0.0444. The van der Waals surface area contributed by atoms with E-state index in [9.17, 15) is 4.79 Å². The monoisotopic (exact) mass is 280 g/mol. The molecule has 0 aliphatic heterocycles. The summed E-state index contributed by atoms with van der Waals surface area (Å²) in [7, 11) is 1.91. The number of hydrogen-bond donors (Lipinski definition) is 0. The van der Waals surface area contributed by atoms with Crippen LogP contribution in [-0.4, -0.2) is 21.6 Å². The Morgan fingerprint density at radius 1 is 1.14 bits per heavy atom. The van der Waals surface area contributed by atoms with Crippen LogP contribution in [0.25, 0.3) is 11.0 Å². The molecule has 0 amide bonds. The third kappa shape index (κ3) is 2.38. The van der Waals surface area contributed by atoms with Crippen molar-refractivity contribution in [2.45, 2.75) is 13.5 Å². The van der Waals surface area contributed by atoms with E-state index in [1.807, 2.05) is 49.2 Å². The molecule has 0 atom stereocenters. The van der Waals surface area contributed by atoms with Crippen molar-refractivity contribution in [3.63, 3.8) is 0 Å². The smallest absolute Gasteiger partial charge is 0.252 e. The van der Waals surface area contributed by atoms with Crippen molar-refractivity contribution in [1.29, 1.82) is 0 Å². The molecule has 3 rings (SSSR count). The summed E-state index contributed by atoms with van der Waals surface area (Å²) < 4.78 is 1.65. The van der Waals surface area contributed by atoms with E-state index in [1.165, 1.54) is 0 Å². The second-order valence-electron chi connectivity index (χ2n) is 4.76. The fourth-order valence-electron chi connectivity index (χ4n) is 2.30. The molecule has 0 aliphatic rings. The third-order valence-electron chi connectivity index (χ3n) is 3.47. The van der Waals surface area contributed by atoms with Gasteiger partial charge in [0.05, 0.1) is 0 Å². The first-order valence-corrected chi connectivity index (χ1v) is 6.86. The number of anilines is 2. The predicted octanol–water partition coefficient (Wildman–Crippen LogP) is 2.58. The number of hydrogen-bond acceptors (Lipinski definition) is 4. The van der Waals surface area contributed by atoms with Crippen molar-refractivity contribution in [2.75, 3.05) is 11.9 Å². The number of rotatable bonds is 3. The van der Waals surface area contributed by atoms with Gasteiger partial charge in [0.25, 0.3) is 5.56 Å². The van der Waals surface area contributed by atoms with E-state index in [1.54, 1.807) is 22.9 Å². The summed E-state index contributed by atoms with van der Waals surface area (Å²) in [5.41, 5.74) is 1.62. The molecular weight excluding hydrogens is 264 g/mol. The van der Waals surface area contributed by atoms with Crippen LogP contribution in [0.15, 0.2) is 53.5 Å². The van der Waals surface area contributed by atoms with Crippen LogP contribution in [0.1, 0.15) is 6.92 Å². The minimum absolute atomic E-state index is 0.0444. The average Bonchev–Trinajstić information content (AvgIpc) is 2.54. The molecule has 0 radical (unpaired) electrons. The number of fused-ring (bicyclic) bond motifs is 1. The van der Waals surface area contributed by atoms with E-state index < -0.39 is 0 Å². The molecule has 5 nitrogen and oxygen atoms in total. The van der Waals surface area contributed by atoms with Crippen LogP contribution in [0.5, 0.6) is 0 Å². The highest BCUT2D eigenvalue weighted by Crippen LogP contribution is 2.20. The lowest BCUT2D eigenvalue weighted by Crippen LogP contribution is -2.20. The molecule has 21 heavy (non-hydrogen) atoms. The Kier molecular flexibility index (Phi) is 3.39. The van der Waals surface area contributed by atoms with Gasteiger partial charge >= 0.3 is 0 Å². The lowest BCUT2D eigenvalue weighted by Gasteiger charge is -2.17. The molecule has 0 saturated heterocycles. The zero-order valence-electron chi connectivity index (χ0n) is 12.0. The molecule has 2 aromatic heterocycles. The number of nitrogens with zero attached hydrogens (tertiary/aromatic N) is 4. The van der Waals surface area contributed by atoms with Crippen molar-refractivity contribution in [2.24, 2.45) is 0 Å². The number of para-hydroxylation sites is 1. The topological polar surface area (TPSA) is 51.0 Å². The van der Waals surface area contributed by atoms with Gasteiger partial charge in [-0.3, -0.25) is 9.36 Å². The van der Waals surface area contributed by atoms with Gasteiger partial charge in [0.15, 0.2) is 0 Å². The molecule has 0 fully saturated rings. The maximum absolute atomic E-state index is 11.9. The van der Waals surface area contributed by atoms with Gasteiger partial charge in [0, 0.05) is 36.9 Å². The summed E-state index contributed by atoms with van der Waals surface area (Å²) in [6.45, 7) is 2.52. The minimum Gasteiger partial charge on any atom is -0.314 e. The highest BCUT2D eigenvalue weighted by molar-refractivity contribution is 5.75. The first-order valence-electron chi connectivity index (χ1n) is 6.86. The summed E-state index contributed by atoms with van der Waals surface area (Å²) in [5.74, 6) is 0.571. The number of benzene rings is 1. The summed E-state index contributed by atoms with van der Waals surface area (Å²) in [6, 6.07) is 13.2. The molecule has 2 heterocycles. The molecule has 106 valence electrons. The van der Waals surface area contributed by atoms with Crippen LogP contribution >= 0.6 is 0 Å². The fraction of sp³-hybridized carbons (Fsp3) is 0.188. The Morgan fingerprint density at radius 3 is 2.62 bits per heavy atom. The maximum atomic E-state index is 11.9. The van der Waals surface area contributed by atoms with Gasteiger partial charge in [-0.05, 0) is 25.1 Å². The molecule has 0 spiro atoms. The highest BCUT2D eigenvalue weighted by Gasteiger charge is 2.10. The zero-order chi connectivity index (χ0) is 14.8. The van der Waals surface area contributed by atoms with E-state index in [2.05, 4.69) is 9.97 Å². The summed E-state index contributed by atoms with van der Waals surface area (Å²) in [5, 5.41) is 0.863. The lowest BCUT2D eigenvalue weighted by atomic mass is 10.3. The van der Waals surface area contributed by atoms with Gasteiger partial charge in [0.2, 0.25) is 5.95 Å². The van der Waals surface area contributed by atoms with Crippen LogP contribution in [0.2, 0.25) is 0 Å². The second kappa shape index (κ2) is 5.36. The SMILES string of the molecule is CCn1c(=O)ccc2cnc(N(C)c3ccccc3)nc21. The van der Waals surface area contributed by atoms with Crippen LogP contribution < -0.4 is 10.5 Å². The molecule has 0 saturated carbocycles. The van der Waals surface area contributed by atoms with Crippen molar-refractivity contribution in [3.8, 4) is 0 Å². The normalized spacial score (nSPS) is 10.8. The summed E-state index contributed by atoms with van der Waals surface area (Å²) in [4.78, 5) is 22.8. The second-order valence-corrected chi connectivity index (χ2v) is 4.76. The summed E-state index contributed by atoms with van der Waals surface area (Å²) in [6.07, 6.45) is 1.75. The van der Waals surface area contributed by atoms with Crippen LogP contribution in [0, 0.1) is 0 Å². The van der Waals surface area contributed by atoms with Gasteiger partial charge < -0.3 is 4.90 Å². The lowest BCUT2D eigenvalue weighted by molar-refractivity contribution is 0.748. The van der Waals surface area contributed by atoms with E-state index in [0.717, 1.165) is 11.1 Å². The van der Waals surface area contributed by atoms with E-state index in [0.29, 0.717) is 18.1 Å². The van der Waals surface area contributed by atoms with Crippen LogP contribution in [0.4, 0.5) is 11.6 Å². The molecule has 0 aliphatic carbocycles. The number of aromatic nitrogens is 3. The fourth-order valence-corrected chi connectivity index (χ4v) is 2.30. The Morgan fingerprint density at radius 2 is 1.90 bits per heavy atom. The van der Waals surface area contributed by atoms with E-state index in [-0.39, 0.29) is 5.56 Å². The van der Waals surface area contributed by atoms with Gasteiger partial charge in [-0.15, -0.1) is 0 Å². The number of aryl methyl sites for hydroxylation is 1. The van der Waals surface area contributed by atoms with Crippen molar-refractivity contribution < 1.29 is 0 Å². The quantitative estimate of drug-likeness (QED) is 0.740. The molecule has 0 N–H and O–H groups in total. The maximum Gasteiger partial charge on any atom is 0.252 e. The Balaban J connectivity index is 2.15. The van der Waals surface area contributed by atoms with Crippen molar-refractivity contribution in [1.82, 2.24) is 14.5 Å². The van der Waals surface area contributed by atoms with Crippen molar-refractivity contribution in [3.05, 3.63) is 59.0 Å². The molecule has 3 aromatic rings. The van der Waals surface area contributed by atoms with Crippen LogP contribution in [0.3, 0.4) is 0 Å². The Labute approximate surface area is 122 Å². The number of pyridine rings is 1. The molecular formula is C16H16N4O. The van der Waals surface area contributed by atoms with Crippen molar-refractivity contribution >= 4 is 22.7 Å². The molecule has 0 bridgehead atoms. The van der Waals surface area contributed by atoms with Crippen LogP contribution in [-0.2, 0) is 6.54 Å².